The molecule has 1 fully saturated rings. The van der Waals surface area contributed by atoms with Gasteiger partial charge in [-0.05, 0) is 32.6 Å². The maximum absolute atomic E-state index is 5.31. The summed E-state index contributed by atoms with van der Waals surface area (Å²) in [6, 6.07) is 0. The zero-order valence-electron chi connectivity index (χ0n) is 16.3. The molecule has 2 atom stereocenters. The molecule has 2 nitrogen and oxygen atoms in total. The molecule has 0 N–H and O–H groups in total. The quantitative estimate of drug-likeness (QED) is 0.298. The Morgan fingerprint density at radius 2 is 0.957 bits per heavy atom. The SMILES string of the molecule is CC1OC1Cl.CCCC[N+](CCCC)(CCCC)CCCC.[F-]. The van der Waals surface area contributed by atoms with Gasteiger partial charge >= 0.3 is 0 Å². The second kappa shape index (κ2) is 15.7. The van der Waals surface area contributed by atoms with Crippen molar-refractivity contribution in [1.29, 1.82) is 0 Å². The van der Waals surface area contributed by atoms with Crippen molar-refractivity contribution in [1.82, 2.24) is 0 Å². The van der Waals surface area contributed by atoms with Gasteiger partial charge in [-0.25, -0.2) is 0 Å². The molecular weight excluding hydrogens is 313 g/mol. The summed E-state index contributed by atoms with van der Waals surface area (Å²) in [6.07, 6.45) is 11.4. The lowest BCUT2D eigenvalue weighted by Crippen LogP contribution is -3.00. The molecule has 0 aromatic heterocycles. The molecule has 23 heavy (non-hydrogen) atoms. The lowest BCUT2D eigenvalue weighted by Gasteiger charge is -2.39. The Balaban J connectivity index is 0. The van der Waals surface area contributed by atoms with Gasteiger partial charge in [0.15, 0.2) is 5.56 Å². The summed E-state index contributed by atoms with van der Waals surface area (Å²) in [7, 11) is 0. The monoisotopic (exact) mass is 353 g/mol. The van der Waals surface area contributed by atoms with E-state index < -0.39 is 0 Å². The minimum Gasteiger partial charge on any atom is -1.00 e. The highest BCUT2D eigenvalue weighted by Crippen LogP contribution is 2.23. The lowest BCUT2D eigenvalue weighted by atomic mass is 10.1. The van der Waals surface area contributed by atoms with Crippen molar-refractivity contribution in [2.24, 2.45) is 0 Å². The minimum atomic E-state index is 0. The molecule has 1 saturated heterocycles. The standard InChI is InChI=1S/C16H36N.C3H5ClO.FH/c1-5-9-13-17(14-10-6-2,15-11-7-3)16-12-8-4;1-2-3(4)5-2;/h5-16H2,1-4H3;2-3H,1H3;1H/q+1;;/p-1. The van der Waals surface area contributed by atoms with Crippen LogP contribution in [-0.4, -0.2) is 42.3 Å². The third kappa shape index (κ3) is 13.1. The number of ether oxygens (including phenoxy) is 1. The largest absolute Gasteiger partial charge is 1.00 e. The van der Waals surface area contributed by atoms with Crippen LogP contribution in [0.25, 0.3) is 0 Å². The second-order valence-electron chi connectivity index (χ2n) is 6.84. The van der Waals surface area contributed by atoms with Gasteiger partial charge in [0.1, 0.15) is 0 Å². The summed E-state index contributed by atoms with van der Waals surface area (Å²) >= 11 is 5.31. The van der Waals surface area contributed by atoms with Crippen molar-refractivity contribution in [3.8, 4) is 0 Å². The van der Waals surface area contributed by atoms with E-state index in [1.54, 1.807) is 0 Å². The van der Waals surface area contributed by atoms with E-state index >= 15 is 0 Å². The van der Waals surface area contributed by atoms with Gasteiger partial charge in [-0.1, -0.05) is 65.0 Å². The molecule has 0 aromatic rings. The maximum atomic E-state index is 5.31. The predicted octanol–water partition coefficient (Wildman–Crippen LogP) is 2.98. The first kappa shape index (κ1) is 25.4. The van der Waals surface area contributed by atoms with Crippen molar-refractivity contribution in [2.45, 2.75) is 97.7 Å². The highest BCUT2D eigenvalue weighted by atomic mass is 35.5. The Bertz CT molecular complexity index is 210. The van der Waals surface area contributed by atoms with E-state index in [1.165, 1.54) is 82.0 Å². The molecule has 1 heterocycles. The topological polar surface area (TPSA) is 12.5 Å². The summed E-state index contributed by atoms with van der Waals surface area (Å²) in [5.41, 5.74) is 0.0231. The van der Waals surface area contributed by atoms with E-state index in [1.807, 2.05) is 6.92 Å². The molecule has 0 aromatic carbocycles. The van der Waals surface area contributed by atoms with Crippen LogP contribution in [0, 0.1) is 0 Å². The van der Waals surface area contributed by atoms with Gasteiger partial charge in [0, 0.05) is 0 Å². The van der Waals surface area contributed by atoms with Crippen molar-refractivity contribution in [3.63, 3.8) is 0 Å². The second-order valence-corrected chi connectivity index (χ2v) is 7.27. The summed E-state index contributed by atoms with van der Waals surface area (Å²) in [4.78, 5) is 0. The van der Waals surface area contributed by atoms with Crippen molar-refractivity contribution in [2.75, 3.05) is 26.2 Å². The zero-order valence-corrected chi connectivity index (χ0v) is 17.0. The van der Waals surface area contributed by atoms with Crippen LogP contribution in [0.1, 0.15) is 86.0 Å². The first-order valence-corrected chi connectivity index (χ1v) is 10.1. The van der Waals surface area contributed by atoms with Gasteiger partial charge in [-0.2, -0.15) is 0 Å². The van der Waals surface area contributed by atoms with Gasteiger partial charge in [-0.15, -0.1) is 0 Å². The molecule has 0 aliphatic carbocycles. The minimum absolute atomic E-state index is 0. The van der Waals surface area contributed by atoms with Crippen LogP contribution in [0.5, 0.6) is 0 Å². The number of alkyl halides is 1. The molecular formula is C19H41ClFNO. The van der Waals surface area contributed by atoms with Gasteiger partial charge in [0.25, 0.3) is 0 Å². The number of unbranched alkanes of at least 4 members (excludes halogenated alkanes) is 4. The van der Waals surface area contributed by atoms with Gasteiger partial charge in [0.2, 0.25) is 0 Å². The van der Waals surface area contributed by atoms with Crippen LogP contribution >= 0.6 is 11.6 Å². The molecule has 0 spiro atoms. The van der Waals surface area contributed by atoms with Crippen molar-refractivity contribution < 1.29 is 13.9 Å². The third-order valence-electron chi connectivity index (χ3n) is 4.58. The van der Waals surface area contributed by atoms with Crippen molar-refractivity contribution >= 4 is 11.6 Å². The first-order chi connectivity index (χ1) is 10.5. The molecule has 1 aliphatic rings. The number of rotatable bonds is 12. The Morgan fingerprint density at radius 3 is 1.09 bits per heavy atom. The maximum Gasteiger partial charge on any atom is 0.157 e. The Labute approximate surface area is 149 Å². The van der Waals surface area contributed by atoms with Gasteiger partial charge < -0.3 is 13.9 Å². The van der Waals surface area contributed by atoms with E-state index in [-0.39, 0.29) is 10.3 Å². The van der Waals surface area contributed by atoms with Crippen LogP contribution in [-0.2, 0) is 4.74 Å². The summed E-state index contributed by atoms with van der Waals surface area (Å²) in [5.74, 6) is 0. The van der Waals surface area contributed by atoms with Gasteiger partial charge in [-0.3, -0.25) is 0 Å². The van der Waals surface area contributed by atoms with Crippen LogP contribution in [0.4, 0.5) is 0 Å². The molecule has 1 aliphatic heterocycles. The number of nitrogens with zero attached hydrogens (tertiary/aromatic N) is 1. The fraction of sp³-hybridized carbons (Fsp3) is 1.00. The highest BCUT2D eigenvalue weighted by Gasteiger charge is 2.31. The number of hydrogen-bond donors (Lipinski definition) is 0. The van der Waals surface area contributed by atoms with Crippen LogP contribution in [0.3, 0.4) is 0 Å². The Hall–Kier alpha value is 0.140. The molecule has 1 rings (SSSR count). The number of hydrogen-bond acceptors (Lipinski definition) is 1. The summed E-state index contributed by atoms with van der Waals surface area (Å²) < 4.78 is 6.10. The zero-order chi connectivity index (χ0) is 16.8. The van der Waals surface area contributed by atoms with E-state index in [9.17, 15) is 0 Å². The van der Waals surface area contributed by atoms with E-state index in [0.717, 1.165) is 0 Å². The highest BCUT2D eigenvalue weighted by molar-refractivity contribution is 6.21. The number of halogens is 2. The van der Waals surface area contributed by atoms with Crippen molar-refractivity contribution in [3.05, 3.63) is 0 Å². The Morgan fingerprint density at radius 1 is 0.739 bits per heavy atom. The normalized spacial score (nSPS) is 19.6. The van der Waals surface area contributed by atoms with E-state index in [0.29, 0.717) is 6.10 Å². The van der Waals surface area contributed by atoms with Gasteiger partial charge in [0.05, 0.1) is 32.3 Å². The van der Waals surface area contributed by atoms with Crippen LogP contribution < -0.4 is 4.70 Å². The Kier molecular flexibility index (Phi) is 17.3. The number of epoxide rings is 1. The average Bonchev–Trinajstić information content (AvgIpc) is 3.19. The lowest BCUT2D eigenvalue weighted by molar-refractivity contribution is -0.929. The fourth-order valence-corrected chi connectivity index (χ4v) is 2.97. The molecule has 0 bridgehead atoms. The van der Waals surface area contributed by atoms with Crippen LogP contribution in [0.2, 0.25) is 0 Å². The molecule has 0 radical (unpaired) electrons. The number of quaternary nitrogens is 1. The molecule has 2 unspecified atom stereocenters. The van der Waals surface area contributed by atoms with E-state index in [2.05, 4.69) is 32.4 Å². The van der Waals surface area contributed by atoms with Crippen LogP contribution in [0.15, 0.2) is 0 Å². The van der Waals surface area contributed by atoms with E-state index in [4.69, 9.17) is 11.6 Å². The molecule has 142 valence electrons. The molecule has 4 heteroatoms. The molecule has 0 amide bonds. The first-order valence-electron chi connectivity index (χ1n) is 9.69. The molecule has 0 saturated carbocycles. The predicted molar refractivity (Wildman–Crippen MR) is 99.5 cm³/mol. The smallest absolute Gasteiger partial charge is 0.157 e. The fourth-order valence-electron chi connectivity index (χ4n) is 2.80. The third-order valence-corrected chi connectivity index (χ3v) is 5.04. The average molecular weight is 354 g/mol. The summed E-state index contributed by atoms with van der Waals surface area (Å²) in [6.45, 7) is 17.0. The summed E-state index contributed by atoms with van der Waals surface area (Å²) in [5, 5.41) is 0.